The fourth-order valence-electron chi connectivity index (χ4n) is 5.15. The molecular weight excluding hydrogens is 460 g/mol. The van der Waals surface area contributed by atoms with E-state index in [1.54, 1.807) is 19.3 Å². The average Bonchev–Trinajstić information content (AvgIpc) is 3.33. The molecule has 0 radical (unpaired) electrons. The number of para-hydroxylation sites is 1. The van der Waals surface area contributed by atoms with Gasteiger partial charge in [-0.05, 0) is 61.1 Å². The Morgan fingerprint density at radius 3 is 2.60 bits per heavy atom. The summed E-state index contributed by atoms with van der Waals surface area (Å²) in [6.07, 6.45) is 9.16. The summed E-state index contributed by atoms with van der Waals surface area (Å²) in [5.41, 5.74) is 4.91. The number of nitrogens with zero attached hydrogens (tertiary/aromatic N) is 3. The van der Waals surface area contributed by atoms with E-state index in [2.05, 4.69) is 49.0 Å². The average molecular weight is 491 g/mol. The van der Waals surface area contributed by atoms with Gasteiger partial charge in [0.05, 0.1) is 17.4 Å². The molecule has 0 saturated heterocycles. The van der Waals surface area contributed by atoms with Crippen LogP contribution in [0.3, 0.4) is 0 Å². The number of amides is 1. The van der Waals surface area contributed by atoms with Crippen LogP contribution in [-0.2, 0) is 12.8 Å². The van der Waals surface area contributed by atoms with Gasteiger partial charge in [-0.25, -0.2) is 4.98 Å². The first-order valence-electron chi connectivity index (χ1n) is 12.3. The van der Waals surface area contributed by atoms with E-state index >= 15 is 0 Å². The highest BCUT2D eigenvalue weighted by Crippen LogP contribution is 2.29. The molecule has 5 rings (SSSR count). The molecule has 182 valence electrons. The Hall–Kier alpha value is -3.16. The number of anilines is 4. The summed E-state index contributed by atoms with van der Waals surface area (Å²) < 4.78 is 0. The lowest BCUT2D eigenvalue weighted by atomic mass is 10.0. The second-order valence-corrected chi connectivity index (χ2v) is 9.63. The third-order valence-corrected chi connectivity index (χ3v) is 7.31. The summed E-state index contributed by atoms with van der Waals surface area (Å²) in [4.78, 5) is 23.9. The molecule has 0 bridgehead atoms. The zero-order chi connectivity index (χ0) is 24.2. The molecule has 0 atom stereocenters. The number of halogens is 1. The molecule has 8 heteroatoms. The Morgan fingerprint density at radius 1 is 1.03 bits per heavy atom. The summed E-state index contributed by atoms with van der Waals surface area (Å²) in [5, 5.41) is 9.54. The molecule has 1 amide bonds. The van der Waals surface area contributed by atoms with Crippen molar-refractivity contribution < 1.29 is 4.79 Å². The van der Waals surface area contributed by atoms with Crippen molar-refractivity contribution in [3.8, 4) is 0 Å². The Balaban J connectivity index is 1.31. The Labute approximate surface area is 211 Å². The standard InChI is InChI=1S/C27H31ClN6O/c1-29-26(35)22-8-4-5-9-24(22)32-25-23(28)17-30-27(33-25)31-20-11-10-18-12-14-34(15-13-19(18)16-20)21-6-2-3-7-21/h4-5,8-11,16-17,21H,2-3,6-7,12-15H2,1H3,(H,29,35)(H2,30,31,32,33). The van der Waals surface area contributed by atoms with Crippen LogP contribution >= 0.6 is 11.6 Å². The van der Waals surface area contributed by atoms with Gasteiger partial charge in [0.25, 0.3) is 5.91 Å². The molecule has 1 aliphatic heterocycles. The summed E-state index contributed by atoms with van der Waals surface area (Å²) >= 11 is 6.37. The summed E-state index contributed by atoms with van der Waals surface area (Å²) in [5.74, 6) is 0.686. The van der Waals surface area contributed by atoms with E-state index in [1.807, 2.05) is 18.2 Å². The molecule has 2 heterocycles. The quantitative estimate of drug-likeness (QED) is 0.434. The van der Waals surface area contributed by atoms with Crippen molar-refractivity contribution in [2.24, 2.45) is 0 Å². The van der Waals surface area contributed by atoms with Gasteiger partial charge in [0.2, 0.25) is 5.95 Å². The largest absolute Gasteiger partial charge is 0.355 e. The lowest BCUT2D eigenvalue weighted by Gasteiger charge is -2.26. The molecule has 7 nitrogen and oxygen atoms in total. The SMILES string of the molecule is CNC(=O)c1ccccc1Nc1nc(Nc2ccc3c(c2)CCN(C2CCCC2)CC3)ncc1Cl. The highest BCUT2D eigenvalue weighted by atomic mass is 35.5. The van der Waals surface area contributed by atoms with Crippen LogP contribution < -0.4 is 16.0 Å². The first-order valence-corrected chi connectivity index (χ1v) is 12.7. The van der Waals surface area contributed by atoms with Crippen molar-refractivity contribution in [3.05, 3.63) is 70.4 Å². The number of benzene rings is 2. The summed E-state index contributed by atoms with van der Waals surface area (Å²) in [6, 6.07) is 14.5. The highest BCUT2D eigenvalue weighted by molar-refractivity contribution is 6.33. The van der Waals surface area contributed by atoms with Crippen molar-refractivity contribution in [1.82, 2.24) is 20.2 Å². The number of aromatic nitrogens is 2. The van der Waals surface area contributed by atoms with E-state index < -0.39 is 0 Å². The number of nitrogens with one attached hydrogen (secondary N) is 3. The Morgan fingerprint density at radius 2 is 1.80 bits per heavy atom. The molecule has 3 N–H and O–H groups in total. The van der Waals surface area contributed by atoms with Crippen LogP contribution in [0.25, 0.3) is 0 Å². The van der Waals surface area contributed by atoms with Crippen LogP contribution in [0.1, 0.15) is 47.2 Å². The molecule has 1 saturated carbocycles. The molecule has 0 unspecified atom stereocenters. The molecule has 3 aromatic rings. The van der Waals surface area contributed by atoms with Crippen LogP contribution in [0.15, 0.2) is 48.7 Å². The number of rotatable bonds is 6. The van der Waals surface area contributed by atoms with Gasteiger partial charge in [0, 0.05) is 31.9 Å². The normalized spacial score (nSPS) is 16.4. The van der Waals surface area contributed by atoms with E-state index in [-0.39, 0.29) is 5.91 Å². The molecule has 2 aromatic carbocycles. The number of carbonyl (C=O) groups is 1. The number of hydrogen-bond donors (Lipinski definition) is 3. The summed E-state index contributed by atoms with van der Waals surface area (Å²) in [7, 11) is 1.60. The first kappa shape index (κ1) is 23.6. The van der Waals surface area contributed by atoms with Crippen molar-refractivity contribution in [1.29, 1.82) is 0 Å². The van der Waals surface area contributed by atoms with Gasteiger partial charge in [-0.2, -0.15) is 4.98 Å². The zero-order valence-electron chi connectivity index (χ0n) is 20.0. The fraction of sp³-hybridized carbons (Fsp3) is 0.370. The summed E-state index contributed by atoms with van der Waals surface area (Å²) in [6.45, 7) is 2.27. The van der Waals surface area contributed by atoms with Crippen molar-refractivity contribution in [3.63, 3.8) is 0 Å². The Kier molecular flexibility index (Phi) is 7.16. The van der Waals surface area contributed by atoms with Crippen LogP contribution in [-0.4, -0.2) is 47.0 Å². The Bertz CT molecular complexity index is 1210. The first-order chi connectivity index (χ1) is 17.1. The van der Waals surface area contributed by atoms with E-state index in [1.165, 1.54) is 36.8 Å². The predicted molar refractivity (Wildman–Crippen MR) is 141 cm³/mol. The highest BCUT2D eigenvalue weighted by Gasteiger charge is 2.24. The minimum absolute atomic E-state index is 0.187. The molecule has 1 fully saturated rings. The van der Waals surface area contributed by atoms with Gasteiger partial charge < -0.3 is 16.0 Å². The zero-order valence-corrected chi connectivity index (χ0v) is 20.7. The third-order valence-electron chi connectivity index (χ3n) is 7.04. The molecule has 1 aromatic heterocycles. The van der Waals surface area contributed by atoms with Gasteiger partial charge in [0.1, 0.15) is 5.02 Å². The second-order valence-electron chi connectivity index (χ2n) is 9.22. The van der Waals surface area contributed by atoms with Gasteiger partial charge in [-0.3, -0.25) is 9.69 Å². The minimum atomic E-state index is -0.187. The maximum Gasteiger partial charge on any atom is 0.253 e. The monoisotopic (exact) mass is 490 g/mol. The van der Waals surface area contributed by atoms with E-state index in [0.717, 1.165) is 37.7 Å². The van der Waals surface area contributed by atoms with Crippen LogP contribution in [0.2, 0.25) is 5.02 Å². The van der Waals surface area contributed by atoms with Gasteiger partial charge in [-0.15, -0.1) is 0 Å². The topological polar surface area (TPSA) is 82.2 Å². The van der Waals surface area contributed by atoms with E-state index in [4.69, 9.17) is 11.6 Å². The maximum absolute atomic E-state index is 12.2. The maximum atomic E-state index is 12.2. The minimum Gasteiger partial charge on any atom is -0.355 e. The number of carbonyl (C=O) groups excluding carboxylic acids is 1. The van der Waals surface area contributed by atoms with Crippen LogP contribution in [0.4, 0.5) is 23.1 Å². The second kappa shape index (κ2) is 10.6. The molecule has 1 aliphatic carbocycles. The fourth-order valence-corrected chi connectivity index (χ4v) is 5.29. The molecule has 35 heavy (non-hydrogen) atoms. The number of hydrogen-bond acceptors (Lipinski definition) is 6. The number of fused-ring (bicyclic) bond motifs is 1. The van der Waals surface area contributed by atoms with Gasteiger partial charge in [0.15, 0.2) is 5.82 Å². The van der Waals surface area contributed by atoms with Crippen LogP contribution in [0.5, 0.6) is 0 Å². The lowest BCUT2D eigenvalue weighted by Crippen LogP contribution is -2.35. The van der Waals surface area contributed by atoms with Crippen molar-refractivity contribution in [2.45, 2.75) is 44.6 Å². The van der Waals surface area contributed by atoms with E-state index in [0.29, 0.717) is 28.0 Å². The smallest absolute Gasteiger partial charge is 0.253 e. The molecule has 2 aliphatic rings. The molecule has 0 spiro atoms. The molecular formula is C27H31ClN6O. The lowest BCUT2D eigenvalue weighted by molar-refractivity contribution is 0.0964. The third kappa shape index (κ3) is 5.41. The predicted octanol–water partition coefficient (Wildman–Crippen LogP) is 5.32. The van der Waals surface area contributed by atoms with Gasteiger partial charge >= 0.3 is 0 Å². The van der Waals surface area contributed by atoms with Gasteiger partial charge in [-0.1, -0.05) is 42.6 Å². The van der Waals surface area contributed by atoms with E-state index in [9.17, 15) is 4.79 Å². The van der Waals surface area contributed by atoms with Crippen LogP contribution in [0, 0.1) is 0 Å². The van der Waals surface area contributed by atoms with Crippen molar-refractivity contribution >= 4 is 40.6 Å². The van der Waals surface area contributed by atoms with Crippen molar-refractivity contribution in [2.75, 3.05) is 30.8 Å².